The molecule has 0 aliphatic carbocycles. The lowest BCUT2D eigenvalue weighted by atomic mass is 10.1. The van der Waals surface area contributed by atoms with Gasteiger partial charge in [0.05, 0.1) is 43.2 Å². The van der Waals surface area contributed by atoms with E-state index >= 15 is 0 Å². The average Bonchev–Trinajstić information content (AvgIpc) is 3.31. The Balaban J connectivity index is 1.69. The second-order valence-corrected chi connectivity index (χ2v) is 10.9. The van der Waals surface area contributed by atoms with Gasteiger partial charge in [-0.25, -0.2) is 23.4 Å². The first-order valence-corrected chi connectivity index (χ1v) is 13.3. The van der Waals surface area contributed by atoms with Crippen LogP contribution < -0.4 is 9.46 Å². The van der Waals surface area contributed by atoms with Crippen molar-refractivity contribution >= 4 is 27.6 Å². The summed E-state index contributed by atoms with van der Waals surface area (Å²) in [7, 11) is -2.43. The summed E-state index contributed by atoms with van der Waals surface area (Å²) in [6.07, 6.45) is 2.53. The van der Waals surface area contributed by atoms with Crippen LogP contribution in [-0.2, 0) is 19.5 Å². The molecule has 1 N–H and O–H groups in total. The first-order valence-electron chi connectivity index (χ1n) is 11.4. The van der Waals surface area contributed by atoms with Crippen LogP contribution in [0.15, 0.2) is 30.6 Å². The maximum absolute atomic E-state index is 13.4. The number of hydrogen-bond acceptors (Lipinski definition) is 10. The highest BCUT2D eigenvalue weighted by atomic mass is 35.5. The standard InChI is InChI=1S/C22H28ClN7O5S/c1-13(20-24-10-16(23)11-25-20)15(3)36(31,32)29-22-28-27-21(17-6-5-7-19(26-17)33-4)30(22)14(2)18-12-34-8-9-35-18/h5-7,10-11,13-15,18H,8-9,12H2,1-4H3,(H,28,29)/t13-,14-,15-,18+/m0/s1. The van der Waals surface area contributed by atoms with Gasteiger partial charge in [0.1, 0.15) is 17.6 Å². The molecule has 12 nitrogen and oxygen atoms in total. The van der Waals surface area contributed by atoms with Crippen molar-refractivity contribution in [1.82, 2.24) is 29.7 Å². The second-order valence-electron chi connectivity index (χ2n) is 8.41. The van der Waals surface area contributed by atoms with E-state index in [2.05, 4.69) is 29.9 Å². The topological polar surface area (TPSA) is 143 Å². The van der Waals surface area contributed by atoms with Crippen molar-refractivity contribution in [3.63, 3.8) is 0 Å². The van der Waals surface area contributed by atoms with Gasteiger partial charge in [-0.2, -0.15) is 0 Å². The maximum Gasteiger partial charge on any atom is 0.238 e. The molecule has 0 aromatic carbocycles. The highest BCUT2D eigenvalue weighted by Gasteiger charge is 2.34. The molecule has 0 spiro atoms. The monoisotopic (exact) mass is 537 g/mol. The Morgan fingerprint density at radius 2 is 1.92 bits per heavy atom. The summed E-state index contributed by atoms with van der Waals surface area (Å²) in [4.78, 5) is 12.8. The van der Waals surface area contributed by atoms with Crippen LogP contribution in [0.3, 0.4) is 0 Å². The van der Waals surface area contributed by atoms with Crippen molar-refractivity contribution < 1.29 is 22.6 Å². The third-order valence-electron chi connectivity index (χ3n) is 6.12. The fourth-order valence-corrected chi connectivity index (χ4v) is 5.12. The van der Waals surface area contributed by atoms with E-state index in [9.17, 15) is 8.42 Å². The van der Waals surface area contributed by atoms with Gasteiger partial charge in [0.25, 0.3) is 0 Å². The molecule has 4 heterocycles. The maximum atomic E-state index is 13.4. The zero-order chi connectivity index (χ0) is 25.9. The van der Waals surface area contributed by atoms with E-state index in [1.807, 2.05) is 6.92 Å². The van der Waals surface area contributed by atoms with E-state index in [0.717, 1.165) is 0 Å². The molecule has 1 saturated heterocycles. The molecule has 4 atom stereocenters. The van der Waals surface area contributed by atoms with Crippen LogP contribution in [0.2, 0.25) is 5.02 Å². The van der Waals surface area contributed by atoms with Gasteiger partial charge >= 0.3 is 0 Å². The van der Waals surface area contributed by atoms with Crippen LogP contribution in [0.4, 0.5) is 5.95 Å². The Bertz CT molecular complexity index is 1280. The van der Waals surface area contributed by atoms with E-state index in [1.54, 1.807) is 36.6 Å². The third kappa shape index (κ3) is 5.59. The van der Waals surface area contributed by atoms with E-state index < -0.39 is 21.2 Å². The number of hydrogen-bond donors (Lipinski definition) is 1. The highest BCUT2D eigenvalue weighted by Crippen LogP contribution is 2.30. The first kappa shape index (κ1) is 26.2. The van der Waals surface area contributed by atoms with E-state index in [4.69, 9.17) is 25.8 Å². The van der Waals surface area contributed by atoms with Gasteiger partial charge in [0.2, 0.25) is 21.9 Å². The number of ether oxygens (including phenoxy) is 3. The molecule has 0 amide bonds. The lowest BCUT2D eigenvalue weighted by Crippen LogP contribution is -2.37. The Hall–Kier alpha value is -2.87. The molecule has 0 saturated carbocycles. The highest BCUT2D eigenvalue weighted by molar-refractivity contribution is 7.93. The summed E-state index contributed by atoms with van der Waals surface area (Å²) in [6, 6.07) is 4.84. The van der Waals surface area contributed by atoms with Crippen LogP contribution in [0, 0.1) is 0 Å². The number of anilines is 1. The van der Waals surface area contributed by atoms with Crippen LogP contribution in [-0.4, -0.2) is 76.4 Å². The average molecular weight is 538 g/mol. The molecule has 3 aromatic rings. The van der Waals surface area contributed by atoms with Crippen LogP contribution in [0.25, 0.3) is 11.5 Å². The Morgan fingerprint density at radius 3 is 2.58 bits per heavy atom. The van der Waals surface area contributed by atoms with Crippen LogP contribution in [0.1, 0.15) is 38.6 Å². The molecule has 0 bridgehead atoms. The minimum atomic E-state index is -3.94. The summed E-state index contributed by atoms with van der Waals surface area (Å²) in [6.45, 7) is 6.48. The van der Waals surface area contributed by atoms with E-state index in [-0.39, 0.29) is 18.1 Å². The molecule has 0 unspecified atom stereocenters. The number of sulfonamides is 1. The third-order valence-corrected chi connectivity index (χ3v) is 8.17. The summed E-state index contributed by atoms with van der Waals surface area (Å²) in [5, 5.41) is 7.91. The predicted octanol–water partition coefficient (Wildman–Crippen LogP) is 2.70. The fraction of sp³-hybridized carbons (Fsp3) is 0.500. The largest absolute Gasteiger partial charge is 0.481 e. The van der Waals surface area contributed by atoms with Crippen molar-refractivity contribution in [3.05, 3.63) is 41.4 Å². The summed E-state index contributed by atoms with van der Waals surface area (Å²) in [5.41, 5.74) is 0.465. The molecule has 36 heavy (non-hydrogen) atoms. The van der Waals surface area contributed by atoms with E-state index in [0.29, 0.717) is 48.1 Å². The molecular formula is C22H28ClN7O5S. The number of rotatable bonds is 9. The number of nitrogens with zero attached hydrogens (tertiary/aromatic N) is 6. The summed E-state index contributed by atoms with van der Waals surface area (Å²) >= 11 is 5.87. The second kappa shape index (κ2) is 11.0. The Kier molecular flexibility index (Phi) is 8.03. The first-order chi connectivity index (χ1) is 17.2. The molecular weight excluding hydrogens is 510 g/mol. The number of methoxy groups -OCH3 is 1. The van der Waals surface area contributed by atoms with Gasteiger partial charge < -0.3 is 14.2 Å². The van der Waals surface area contributed by atoms with Crippen molar-refractivity contribution in [1.29, 1.82) is 0 Å². The van der Waals surface area contributed by atoms with Crippen molar-refractivity contribution in [3.8, 4) is 17.4 Å². The van der Waals surface area contributed by atoms with Crippen molar-refractivity contribution in [2.45, 2.75) is 44.1 Å². The minimum Gasteiger partial charge on any atom is -0.481 e. The zero-order valence-corrected chi connectivity index (χ0v) is 21.9. The van der Waals surface area contributed by atoms with Crippen molar-refractivity contribution in [2.75, 3.05) is 31.7 Å². The number of pyridine rings is 1. The van der Waals surface area contributed by atoms with Crippen LogP contribution >= 0.6 is 11.6 Å². The molecule has 14 heteroatoms. The smallest absolute Gasteiger partial charge is 0.238 e. The molecule has 194 valence electrons. The molecule has 1 fully saturated rings. The summed E-state index contributed by atoms with van der Waals surface area (Å²) < 4.78 is 47.8. The van der Waals surface area contributed by atoms with Gasteiger partial charge in [-0.05, 0) is 19.9 Å². The zero-order valence-electron chi connectivity index (χ0n) is 20.3. The van der Waals surface area contributed by atoms with Gasteiger partial charge in [-0.1, -0.05) is 24.6 Å². The van der Waals surface area contributed by atoms with E-state index in [1.165, 1.54) is 19.5 Å². The minimum absolute atomic E-state index is 0.0346. The lowest BCUT2D eigenvalue weighted by molar-refractivity contribution is -0.104. The molecule has 1 aliphatic rings. The van der Waals surface area contributed by atoms with Gasteiger partial charge in [-0.3, -0.25) is 9.29 Å². The summed E-state index contributed by atoms with van der Waals surface area (Å²) in [5.74, 6) is 0.617. The molecule has 4 rings (SSSR count). The van der Waals surface area contributed by atoms with Crippen molar-refractivity contribution in [2.24, 2.45) is 0 Å². The predicted molar refractivity (Wildman–Crippen MR) is 133 cm³/mol. The number of aromatic nitrogens is 6. The lowest BCUT2D eigenvalue weighted by Gasteiger charge is -2.30. The molecule has 0 radical (unpaired) electrons. The molecule has 1 aliphatic heterocycles. The quantitative estimate of drug-likeness (QED) is 0.432. The Labute approximate surface area is 214 Å². The number of halogens is 1. The normalized spacial score (nSPS) is 18.9. The van der Waals surface area contributed by atoms with Crippen LogP contribution in [0.5, 0.6) is 5.88 Å². The molecule has 3 aromatic heterocycles. The SMILES string of the molecule is COc1cccc(-c2nnc(NS(=O)(=O)[C@@H](C)[C@H](C)c3ncc(Cl)cn3)n2[C@@H](C)[C@H]2COCCO2)n1. The Morgan fingerprint density at radius 1 is 1.17 bits per heavy atom. The fourth-order valence-electron chi connectivity index (χ4n) is 3.78. The number of nitrogens with one attached hydrogen (secondary N) is 1. The van der Waals surface area contributed by atoms with Gasteiger partial charge in [-0.15, -0.1) is 10.2 Å². The van der Waals surface area contributed by atoms with Gasteiger partial charge in [0, 0.05) is 24.4 Å². The van der Waals surface area contributed by atoms with Gasteiger partial charge in [0.15, 0.2) is 5.82 Å².